The van der Waals surface area contributed by atoms with Gasteiger partial charge in [-0.15, -0.1) is 0 Å². The molecule has 1 heterocycles. The van der Waals surface area contributed by atoms with E-state index in [1.165, 1.54) is 12.8 Å². The van der Waals surface area contributed by atoms with Crippen LogP contribution in [-0.2, 0) is 6.54 Å². The van der Waals surface area contributed by atoms with Crippen LogP contribution in [0.3, 0.4) is 0 Å². The monoisotopic (exact) mass is 276 g/mol. The van der Waals surface area contributed by atoms with E-state index in [9.17, 15) is 0 Å². The molecule has 0 atom stereocenters. The lowest BCUT2D eigenvalue weighted by Crippen LogP contribution is -2.15. The van der Waals surface area contributed by atoms with E-state index in [1.54, 1.807) is 0 Å². The van der Waals surface area contributed by atoms with Crippen LogP contribution in [-0.4, -0.2) is 20.8 Å². The lowest BCUT2D eigenvalue weighted by atomic mass is 10.2. The molecule has 0 amide bonds. The third-order valence-electron chi connectivity index (χ3n) is 3.31. The summed E-state index contributed by atoms with van der Waals surface area (Å²) in [5.41, 5.74) is 2.09. The molecule has 100 valence electrons. The van der Waals surface area contributed by atoms with Gasteiger partial charge < -0.3 is 5.32 Å². The van der Waals surface area contributed by atoms with E-state index >= 15 is 0 Å². The normalized spacial score (nSPS) is 14.9. The summed E-state index contributed by atoms with van der Waals surface area (Å²) in [7, 11) is 0. The third kappa shape index (κ3) is 2.80. The summed E-state index contributed by atoms with van der Waals surface area (Å²) in [6.45, 7) is 4.66. The molecule has 2 aromatic rings. The van der Waals surface area contributed by atoms with E-state index < -0.39 is 0 Å². The molecule has 3 rings (SSSR count). The standard InChI is InChI=1S/C14H17ClN4/c1-9-17-10(2)19(18-9)13-6-3-11(14(15)7-13)8-16-12-4-5-12/h3,6-7,12,16H,4-5,8H2,1-2H3. The molecule has 4 nitrogen and oxygen atoms in total. The van der Waals surface area contributed by atoms with Gasteiger partial charge in [0.2, 0.25) is 0 Å². The summed E-state index contributed by atoms with van der Waals surface area (Å²) in [5, 5.41) is 8.61. The second-order valence-electron chi connectivity index (χ2n) is 5.05. The molecular formula is C14H17ClN4. The van der Waals surface area contributed by atoms with Gasteiger partial charge in [0, 0.05) is 17.6 Å². The highest BCUT2D eigenvalue weighted by Crippen LogP contribution is 2.23. The zero-order valence-corrected chi connectivity index (χ0v) is 11.9. The first-order chi connectivity index (χ1) is 9.13. The van der Waals surface area contributed by atoms with Gasteiger partial charge in [0.1, 0.15) is 11.6 Å². The Hall–Kier alpha value is -1.39. The summed E-state index contributed by atoms with van der Waals surface area (Å²) < 4.78 is 1.82. The summed E-state index contributed by atoms with van der Waals surface area (Å²) in [6, 6.07) is 6.74. The van der Waals surface area contributed by atoms with E-state index in [-0.39, 0.29) is 0 Å². The van der Waals surface area contributed by atoms with Crippen LogP contribution < -0.4 is 5.32 Å². The molecule has 0 saturated heterocycles. The SMILES string of the molecule is Cc1nc(C)n(-c2ccc(CNC3CC3)c(Cl)c2)n1. The number of halogens is 1. The van der Waals surface area contributed by atoms with Gasteiger partial charge in [-0.2, -0.15) is 5.10 Å². The Morgan fingerprint density at radius 2 is 2.16 bits per heavy atom. The Morgan fingerprint density at radius 1 is 1.37 bits per heavy atom. The van der Waals surface area contributed by atoms with Gasteiger partial charge in [-0.3, -0.25) is 0 Å². The van der Waals surface area contributed by atoms with Crippen LogP contribution in [0.4, 0.5) is 0 Å². The fraction of sp³-hybridized carbons (Fsp3) is 0.429. The van der Waals surface area contributed by atoms with Crippen molar-refractivity contribution in [1.82, 2.24) is 20.1 Å². The number of aryl methyl sites for hydroxylation is 2. The Morgan fingerprint density at radius 3 is 2.74 bits per heavy atom. The molecule has 1 N–H and O–H groups in total. The van der Waals surface area contributed by atoms with Gasteiger partial charge in [-0.25, -0.2) is 9.67 Å². The number of benzene rings is 1. The Bertz CT molecular complexity index is 601. The lowest BCUT2D eigenvalue weighted by Gasteiger charge is -2.08. The summed E-state index contributed by atoms with van der Waals surface area (Å²) in [6.07, 6.45) is 2.57. The highest BCUT2D eigenvalue weighted by Gasteiger charge is 2.20. The first kappa shape index (κ1) is 12.6. The molecule has 0 unspecified atom stereocenters. The van der Waals surface area contributed by atoms with Crippen LogP contribution in [0, 0.1) is 13.8 Å². The number of nitrogens with zero attached hydrogens (tertiary/aromatic N) is 3. The van der Waals surface area contributed by atoms with E-state index in [0.29, 0.717) is 6.04 Å². The molecule has 5 heteroatoms. The molecule has 1 aromatic carbocycles. The summed E-state index contributed by atoms with van der Waals surface area (Å²) >= 11 is 6.34. The maximum absolute atomic E-state index is 6.34. The van der Waals surface area contributed by atoms with Crippen molar-refractivity contribution in [2.75, 3.05) is 0 Å². The summed E-state index contributed by atoms with van der Waals surface area (Å²) in [4.78, 5) is 4.30. The predicted octanol–water partition coefficient (Wildman–Crippen LogP) is 2.79. The summed E-state index contributed by atoms with van der Waals surface area (Å²) in [5.74, 6) is 1.64. The van der Waals surface area contributed by atoms with Crippen LogP contribution in [0.15, 0.2) is 18.2 Å². The average Bonchev–Trinajstić information content (AvgIpc) is 3.12. The predicted molar refractivity (Wildman–Crippen MR) is 75.7 cm³/mol. The molecule has 0 bridgehead atoms. The van der Waals surface area contributed by atoms with Crippen LogP contribution in [0.2, 0.25) is 5.02 Å². The van der Waals surface area contributed by atoms with Gasteiger partial charge in [0.05, 0.1) is 5.69 Å². The van der Waals surface area contributed by atoms with Crippen molar-refractivity contribution in [3.8, 4) is 5.69 Å². The molecule has 19 heavy (non-hydrogen) atoms. The largest absolute Gasteiger partial charge is 0.310 e. The number of hydrogen-bond donors (Lipinski definition) is 1. The molecule has 0 radical (unpaired) electrons. The zero-order valence-electron chi connectivity index (χ0n) is 11.2. The average molecular weight is 277 g/mol. The van der Waals surface area contributed by atoms with Crippen LogP contribution in [0.1, 0.15) is 30.1 Å². The molecule has 1 fully saturated rings. The molecule has 1 aromatic heterocycles. The highest BCUT2D eigenvalue weighted by atomic mass is 35.5. The minimum atomic E-state index is 0.691. The second kappa shape index (κ2) is 4.94. The minimum absolute atomic E-state index is 0.691. The Labute approximate surface area is 117 Å². The maximum Gasteiger partial charge on any atom is 0.148 e. The van der Waals surface area contributed by atoms with Crippen molar-refractivity contribution in [3.05, 3.63) is 40.4 Å². The topological polar surface area (TPSA) is 42.7 Å². The van der Waals surface area contributed by atoms with Crippen molar-refractivity contribution >= 4 is 11.6 Å². The van der Waals surface area contributed by atoms with Crippen molar-refractivity contribution in [2.45, 2.75) is 39.3 Å². The highest BCUT2D eigenvalue weighted by molar-refractivity contribution is 6.31. The molecule has 1 aliphatic carbocycles. The first-order valence-electron chi connectivity index (χ1n) is 6.56. The van der Waals surface area contributed by atoms with Gasteiger partial charge in [-0.05, 0) is 44.4 Å². The molecule has 1 aliphatic rings. The van der Waals surface area contributed by atoms with E-state index in [0.717, 1.165) is 34.5 Å². The smallest absolute Gasteiger partial charge is 0.148 e. The molecule has 1 saturated carbocycles. The first-order valence-corrected chi connectivity index (χ1v) is 6.94. The molecule has 0 spiro atoms. The van der Waals surface area contributed by atoms with Crippen LogP contribution in [0.25, 0.3) is 5.69 Å². The Balaban J connectivity index is 1.83. The van der Waals surface area contributed by atoms with Crippen molar-refractivity contribution in [2.24, 2.45) is 0 Å². The fourth-order valence-electron chi connectivity index (χ4n) is 2.12. The van der Waals surface area contributed by atoms with Crippen molar-refractivity contribution in [3.63, 3.8) is 0 Å². The molecule has 0 aliphatic heterocycles. The Kier molecular flexibility index (Phi) is 3.29. The van der Waals surface area contributed by atoms with Crippen LogP contribution in [0.5, 0.6) is 0 Å². The van der Waals surface area contributed by atoms with Crippen molar-refractivity contribution < 1.29 is 0 Å². The fourth-order valence-corrected chi connectivity index (χ4v) is 2.36. The number of nitrogens with one attached hydrogen (secondary N) is 1. The maximum atomic E-state index is 6.34. The van der Waals surface area contributed by atoms with Gasteiger partial charge >= 0.3 is 0 Å². The van der Waals surface area contributed by atoms with Gasteiger partial charge in [0.25, 0.3) is 0 Å². The van der Waals surface area contributed by atoms with Gasteiger partial charge in [0.15, 0.2) is 0 Å². The quantitative estimate of drug-likeness (QED) is 0.934. The zero-order chi connectivity index (χ0) is 13.4. The molecular weight excluding hydrogens is 260 g/mol. The van der Waals surface area contributed by atoms with E-state index in [2.05, 4.69) is 21.5 Å². The number of hydrogen-bond acceptors (Lipinski definition) is 3. The second-order valence-corrected chi connectivity index (χ2v) is 5.46. The van der Waals surface area contributed by atoms with Crippen LogP contribution >= 0.6 is 11.6 Å². The van der Waals surface area contributed by atoms with E-state index in [4.69, 9.17) is 11.6 Å². The minimum Gasteiger partial charge on any atom is -0.310 e. The lowest BCUT2D eigenvalue weighted by molar-refractivity contribution is 0.687. The third-order valence-corrected chi connectivity index (χ3v) is 3.67. The van der Waals surface area contributed by atoms with E-state index in [1.807, 2.05) is 30.7 Å². The van der Waals surface area contributed by atoms with Gasteiger partial charge in [-0.1, -0.05) is 17.7 Å². The number of aromatic nitrogens is 3. The number of rotatable bonds is 4. The van der Waals surface area contributed by atoms with Crippen molar-refractivity contribution in [1.29, 1.82) is 0 Å².